The lowest BCUT2D eigenvalue weighted by Gasteiger charge is -2.07. The third-order valence-electron chi connectivity index (χ3n) is 4.24. The first-order chi connectivity index (χ1) is 11.9. The molecule has 0 aromatic rings. The second-order valence-corrected chi connectivity index (χ2v) is 6.59. The van der Waals surface area contributed by atoms with Gasteiger partial charge in [0.1, 0.15) is 0 Å². The number of carboxylic acid groups (broad SMARTS) is 1. The highest BCUT2D eigenvalue weighted by molar-refractivity contribution is 5.99. The van der Waals surface area contributed by atoms with E-state index in [0.717, 1.165) is 17.6 Å². The molecule has 0 radical (unpaired) electrons. The first-order valence-corrected chi connectivity index (χ1v) is 9.06. The fourth-order valence-electron chi connectivity index (χ4n) is 2.79. The monoisotopic (exact) mass is 350 g/mol. The standard InChI is InChI=1S/C20H30O5/c1-15(21)7-6-8-17(22)13-11-16-12-14-19(23)18(16)9-4-2-3-5-10-20(24)25/h2,4,11,13,15,17,21-22H,3,5-10,12,14H2,1H3,(H,24,25)/b4-2-,13-11+/t15-,17+/m1/s1. The molecule has 0 unspecified atom stereocenters. The summed E-state index contributed by atoms with van der Waals surface area (Å²) in [5.74, 6) is -0.639. The summed E-state index contributed by atoms with van der Waals surface area (Å²) >= 11 is 0. The van der Waals surface area contributed by atoms with Crippen molar-refractivity contribution < 1.29 is 24.9 Å². The number of carbonyl (C=O) groups is 2. The number of aliphatic hydroxyl groups is 2. The number of rotatable bonds is 12. The predicted octanol–water partition coefficient (Wildman–Crippen LogP) is 3.32. The van der Waals surface area contributed by atoms with Crippen LogP contribution in [-0.2, 0) is 9.59 Å². The lowest BCUT2D eigenvalue weighted by Crippen LogP contribution is -2.05. The summed E-state index contributed by atoms with van der Waals surface area (Å²) in [6.45, 7) is 1.73. The van der Waals surface area contributed by atoms with Crippen LogP contribution in [0.1, 0.15) is 64.7 Å². The third-order valence-corrected chi connectivity index (χ3v) is 4.24. The lowest BCUT2D eigenvalue weighted by atomic mass is 10.0. The highest BCUT2D eigenvalue weighted by atomic mass is 16.4. The van der Waals surface area contributed by atoms with E-state index in [1.807, 2.05) is 18.2 Å². The van der Waals surface area contributed by atoms with Crippen molar-refractivity contribution in [1.82, 2.24) is 0 Å². The van der Waals surface area contributed by atoms with Gasteiger partial charge in [-0.1, -0.05) is 24.3 Å². The molecule has 0 bridgehead atoms. The first-order valence-electron chi connectivity index (χ1n) is 9.06. The zero-order valence-corrected chi connectivity index (χ0v) is 15.0. The number of aliphatic hydroxyl groups excluding tert-OH is 2. The molecule has 2 atom stereocenters. The molecule has 140 valence electrons. The topological polar surface area (TPSA) is 94.8 Å². The number of unbranched alkanes of at least 4 members (excludes halogenated alkanes) is 1. The van der Waals surface area contributed by atoms with Crippen molar-refractivity contribution in [3.8, 4) is 0 Å². The van der Waals surface area contributed by atoms with E-state index in [4.69, 9.17) is 5.11 Å². The highest BCUT2D eigenvalue weighted by Gasteiger charge is 2.20. The van der Waals surface area contributed by atoms with Crippen molar-refractivity contribution in [1.29, 1.82) is 0 Å². The summed E-state index contributed by atoms with van der Waals surface area (Å²) < 4.78 is 0. The van der Waals surface area contributed by atoms with Crippen LogP contribution in [0, 0.1) is 0 Å². The number of hydrogen-bond acceptors (Lipinski definition) is 4. The maximum absolute atomic E-state index is 12.0. The Balaban J connectivity index is 2.48. The molecule has 0 aromatic carbocycles. The summed E-state index contributed by atoms with van der Waals surface area (Å²) in [6.07, 6.45) is 11.8. The minimum absolute atomic E-state index is 0.151. The number of aliphatic carboxylic acids is 1. The normalized spacial score (nSPS) is 17.8. The molecule has 0 aliphatic heterocycles. The molecule has 5 nitrogen and oxygen atoms in total. The highest BCUT2D eigenvalue weighted by Crippen LogP contribution is 2.27. The Morgan fingerprint density at radius 3 is 2.60 bits per heavy atom. The van der Waals surface area contributed by atoms with Crippen LogP contribution < -0.4 is 0 Å². The fourth-order valence-corrected chi connectivity index (χ4v) is 2.79. The maximum Gasteiger partial charge on any atom is 0.303 e. The number of ketones is 1. The van der Waals surface area contributed by atoms with Crippen molar-refractivity contribution in [2.45, 2.75) is 76.9 Å². The van der Waals surface area contributed by atoms with Crippen LogP contribution in [0.5, 0.6) is 0 Å². The number of Topliss-reactive ketones (excluding diaryl/α,β-unsaturated/α-hetero) is 1. The first kappa shape index (κ1) is 21.3. The van der Waals surface area contributed by atoms with Crippen LogP contribution in [0.25, 0.3) is 0 Å². The molecule has 1 aliphatic carbocycles. The summed E-state index contributed by atoms with van der Waals surface area (Å²) in [5, 5.41) is 27.8. The largest absolute Gasteiger partial charge is 0.481 e. The molecule has 0 saturated carbocycles. The second kappa shape index (κ2) is 11.8. The van der Waals surface area contributed by atoms with Gasteiger partial charge < -0.3 is 15.3 Å². The molecular weight excluding hydrogens is 320 g/mol. The summed E-state index contributed by atoms with van der Waals surface area (Å²) in [5.41, 5.74) is 1.77. The van der Waals surface area contributed by atoms with Gasteiger partial charge in [-0.2, -0.15) is 0 Å². The lowest BCUT2D eigenvalue weighted by molar-refractivity contribution is -0.137. The molecule has 5 heteroatoms. The van der Waals surface area contributed by atoms with Crippen molar-refractivity contribution in [2.75, 3.05) is 0 Å². The number of carbonyl (C=O) groups excluding carboxylic acids is 1. The second-order valence-electron chi connectivity index (χ2n) is 6.59. The molecule has 0 amide bonds. The van der Waals surface area contributed by atoms with Gasteiger partial charge in [0, 0.05) is 18.4 Å². The van der Waals surface area contributed by atoms with Crippen LogP contribution in [0.3, 0.4) is 0 Å². The minimum Gasteiger partial charge on any atom is -0.481 e. The van der Waals surface area contributed by atoms with E-state index < -0.39 is 12.1 Å². The van der Waals surface area contributed by atoms with E-state index in [0.29, 0.717) is 44.9 Å². The van der Waals surface area contributed by atoms with Crippen molar-refractivity contribution in [2.24, 2.45) is 0 Å². The molecular formula is C20H30O5. The van der Waals surface area contributed by atoms with E-state index in [9.17, 15) is 19.8 Å². The number of carboxylic acids is 1. The Labute approximate surface area is 149 Å². The van der Waals surface area contributed by atoms with E-state index in [-0.39, 0.29) is 18.3 Å². The van der Waals surface area contributed by atoms with E-state index in [2.05, 4.69) is 0 Å². The molecule has 0 aromatic heterocycles. The molecule has 1 aliphatic rings. The zero-order chi connectivity index (χ0) is 18.7. The van der Waals surface area contributed by atoms with Crippen LogP contribution in [0.2, 0.25) is 0 Å². The van der Waals surface area contributed by atoms with E-state index in [1.165, 1.54) is 0 Å². The Bertz CT molecular complexity index is 528. The van der Waals surface area contributed by atoms with Gasteiger partial charge in [0.2, 0.25) is 0 Å². The molecule has 0 heterocycles. The quantitative estimate of drug-likeness (QED) is 0.371. The fraction of sp³-hybridized carbons (Fsp3) is 0.600. The molecule has 0 fully saturated rings. The predicted molar refractivity (Wildman–Crippen MR) is 97.2 cm³/mol. The van der Waals surface area contributed by atoms with Gasteiger partial charge in [-0.3, -0.25) is 9.59 Å². The zero-order valence-electron chi connectivity index (χ0n) is 15.0. The van der Waals surface area contributed by atoms with Crippen LogP contribution in [0.15, 0.2) is 35.5 Å². The minimum atomic E-state index is -0.790. The smallest absolute Gasteiger partial charge is 0.303 e. The molecule has 1 rings (SSSR count). The van der Waals surface area contributed by atoms with E-state index >= 15 is 0 Å². The summed E-state index contributed by atoms with van der Waals surface area (Å²) in [6, 6.07) is 0. The van der Waals surface area contributed by atoms with Crippen LogP contribution in [-0.4, -0.2) is 39.3 Å². The number of allylic oxidation sites excluding steroid dienone is 5. The molecule has 0 spiro atoms. The van der Waals surface area contributed by atoms with Gasteiger partial charge in [-0.15, -0.1) is 0 Å². The Morgan fingerprint density at radius 1 is 1.16 bits per heavy atom. The van der Waals surface area contributed by atoms with Crippen LogP contribution >= 0.6 is 0 Å². The Hall–Kier alpha value is -1.72. The van der Waals surface area contributed by atoms with Crippen LogP contribution in [0.4, 0.5) is 0 Å². The Kier molecular flexibility index (Phi) is 10.0. The summed E-state index contributed by atoms with van der Waals surface area (Å²) in [4.78, 5) is 22.4. The van der Waals surface area contributed by atoms with Gasteiger partial charge >= 0.3 is 5.97 Å². The third kappa shape index (κ3) is 9.37. The van der Waals surface area contributed by atoms with Gasteiger partial charge in [-0.05, 0) is 57.4 Å². The van der Waals surface area contributed by atoms with Gasteiger partial charge in [0.25, 0.3) is 0 Å². The van der Waals surface area contributed by atoms with Gasteiger partial charge in [-0.25, -0.2) is 0 Å². The van der Waals surface area contributed by atoms with Crippen molar-refractivity contribution in [3.63, 3.8) is 0 Å². The van der Waals surface area contributed by atoms with Gasteiger partial charge in [0.15, 0.2) is 5.78 Å². The Morgan fingerprint density at radius 2 is 1.92 bits per heavy atom. The SMILES string of the molecule is C[C@@H](O)CCC[C@H](O)/C=C/C1=C(C/C=C\CCCC(=O)O)C(=O)CC1. The van der Waals surface area contributed by atoms with Crippen molar-refractivity contribution in [3.05, 3.63) is 35.5 Å². The van der Waals surface area contributed by atoms with Crippen molar-refractivity contribution >= 4 is 11.8 Å². The molecule has 25 heavy (non-hydrogen) atoms. The molecule has 3 N–H and O–H groups in total. The average Bonchev–Trinajstić information content (AvgIpc) is 2.88. The average molecular weight is 350 g/mol. The molecule has 0 saturated heterocycles. The number of hydrogen-bond donors (Lipinski definition) is 3. The van der Waals surface area contributed by atoms with Gasteiger partial charge in [0.05, 0.1) is 12.2 Å². The van der Waals surface area contributed by atoms with E-state index in [1.54, 1.807) is 13.0 Å². The summed E-state index contributed by atoms with van der Waals surface area (Å²) in [7, 11) is 0. The maximum atomic E-state index is 12.0.